The van der Waals surface area contributed by atoms with Gasteiger partial charge in [0.15, 0.2) is 0 Å². The summed E-state index contributed by atoms with van der Waals surface area (Å²) >= 11 is 0. The molecule has 0 aliphatic carbocycles. The van der Waals surface area contributed by atoms with Gasteiger partial charge in [0.1, 0.15) is 5.75 Å². The molecule has 124 valence electrons. The number of amides is 1. The Bertz CT molecular complexity index is 835. The normalized spacial score (nSPS) is 10.0. The maximum absolute atomic E-state index is 12.2. The van der Waals surface area contributed by atoms with Gasteiger partial charge in [-0.1, -0.05) is 11.8 Å². The lowest BCUT2D eigenvalue weighted by Gasteiger charge is -2.14. The summed E-state index contributed by atoms with van der Waals surface area (Å²) in [6.07, 6.45) is 0. The Morgan fingerprint density at radius 2 is 1.62 bits per heavy atom. The Balaban J connectivity index is 2.35. The molecule has 0 bridgehead atoms. The van der Waals surface area contributed by atoms with Gasteiger partial charge >= 0.3 is 0 Å². The van der Waals surface area contributed by atoms with Crippen LogP contribution in [0.3, 0.4) is 0 Å². The molecule has 2 rings (SSSR count). The van der Waals surface area contributed by atoms with Crippen LogP contribution in [0.4, 0.5) is 17.1 Å². The zero-order valence-electron chi connectivity index (χ0n) is 12.2. The second-order valence-electron chi connectivity index (χ2n) is 4.53. The smallest absolute Gasteiger partial charge is 0.273 e. The summed E-state index contributed by atoms with van der Waals surface area (Å²) in [5, 5.41) is 35.5. The first-order chi connectivity index (χ1) is 11.3. The van der Waals surface area contributed by atoms with Crippen molar-refractivity contribution in [2.24, 2.45) is 0 Å². The van der Waals surface area contributed by atoms with Gasteiger partial charge in [-0.15, -0.1) is 0 Å². The molecule has 0 saturated heterocycles. The second kappa shape index (κ2) is 6.60. The second-order valence-corrected chi connectivity index (χ2v) is 4.53. The number of benzene rings is 2. The van der Waals surface area contributed by atoms with Gasteiger partial charge in [0.2, 0.25) is 0 Å². The van der Waals surface area contributed by atoms with E-state index in [4.69, 9.17) is 4.74 Å². The third kappa shape index (κ3) is 3.38. The summed E-state index contributed by atoms with van der Waals surface area (Å²) in [7, 11) is 1.25. The minimum absolute atomic E-state index is 0.00966. The first-order valence-electron chi connectivity index (χ1n) is 6.42. The van der Waals surface area contributed by atoms with Crippen molar-refractivity contribution in [3.8, 4) is 11.5 Å². The zero-order chi connectivity index (χ0) is 17.9. The Hall–Kier alpha value is -3.69. The van der Waals surface area contributed by atoms with Crippen molar-refractivity contribution in [3.05, 3.63) is 62.2 Å². The summed E-state index contributed by atoms with van der Waals surface area (Å²) in [5.74, 6) is -1.58. The molecular weight excluding hydrogens is 322 g/mol. The average molecular weight is 332 g/mol. The van der Waals surface area contributed by atoms with Crippen molar-refractivity contribution < 1.29 is 24.5 Å². The molecule has 2 aromatic rings. The number of rotatable bonds is 5. The van der Waals surface area contributed by atoms with Gasteiger partial charge in [0.25, 0.3) is 17.3 Å². The van der Waals surface area contributed by atoms with Crippen molar-refractivity contribution in [1.29, 1.82) is 0 Å². The van der Waals surface area contributed by atoms with Crippen LogP contribution >= 0.6 is 0 Å². The van der Waals surface area contributed by atoms with Gasteiger partial charge in [-0.05, 0) is 6.07 Å². The molecule has 0 spiro atoms. The molecule has 10 heteroatoms. The van der Waals surface area contributed by atoms with E-state index in [0.717, 1.165) is 30.3 Å². The van der Waals surface area contributed by atoms with Gasteiger partial charge in [-0.2, -0.15) is 0 Å². The molecule has 2 aromatic carbocycles. The summed E-state index contributed by atoms with van der Waals surface area (Å²) < 4.78 is 4.96. The van der Waals surface area contributed by atoms with Crippen LogP contribution in [0.1, 0.15) is 10.4 Å². The van der Waals surface area contributed by atoms with Crippen LogP contribution in [-0.2, 0) is 0 Å². The molecule has 0 aliphatic rings. The number of carbonyl (C=O) groups excluding carboxylic acids is 1. The molecule has 0 aliphatic heterocycles. The van der Waals surface area contributed by atoms with Crippen LogP contribution in [0.5, 0.6) is 11.5 Å². The first-order valence-corrected chi connectivity index (χ1v) is 6.42. The quantitative estimate of drug-likeness (QED) is 0.648. The summed E-state index contributed by atoms with van der Waals surface area (Å²) in [4.78, 5) is 32.3. The highest BCUT2D eigenvalue weighted by Gasteiger charge is 2.16. The van der Waals surface area contributed by atoms with E-state index in [2.05, 4.69) is 5.32 Å². The van der Waals surface area contributed by atoms with Gasteiger partial charge in [0, 0.05) is 23.8 Å². The highest BCUT2D eigenvalue weighted by Crippen LogP contribution is 2.30. The number of hydrogen-bond acceptors (Lipinski definition) is 7. The van der Waals surface area contributed by atoms with Crippen molar-refractivity contribution in [2.75, 3.05) is 12.4 Å². The molecule has 0 saturated carbocycles. The maximum atomic E-state index is 12.2. The number of nitro benzene ring substituents is 2. The Morgan fingerprint density at radius 1 is 1.04 bits per heavy atom. The van der Waals surface area contributed by atoms with Gasteiger partial charge in [0.05, 0.1) is 28.7 Å². The van der Waals surface area contributed by atoms with Gasteiger partial charge in [-0.3, -0.25) is 25.0 Å². The minimum atomic E-state index is -0.893. The lowest BCUT2D eigenvalue weighted by atomic mass is 10.1. The van der Waals surface area contributed by atoms with Gasteiger partial charge < -0.3 is 15.2 Å². The number of anilines is 1. The molecule has 0 heterocycles. The van der Waals surface area contributed by atoms with Crippen LogP contribution < -0.4 is 15.2 Å². The highest BCUT2D eigenvalue weighted by atomic mass is 16.6. The van der Waals surface area contributed by atoms with Crippen LogP contribution in [-0.4, -0.2) is 22.9 Å². The molecule has 0 unspecified atom stereocenters. The Morgan fingerprint density at radius 3 is 2.21 bits per heavy atom. The van der Waals surface area contributed by atoms with Gasteiger partial charge in [-0.25, -0.2) is 0 Å². The largest absolute Gasteiger partial charge is 0.872 e. The van der Waals surface area contributed by atoms with E-state index in [0.29, 0.717) is 0 Å². The molecule has 1 N–H and O–H groups in total. The fourth-order valence-electron chi connectivity index (χ4n) is 1.90. The molecular formula is C14H10N3O7-. The average Bonchev–Trinajstić information content (AvgIpc) is 2.54. The third-order valence-corrected chi connectivity index (χ3v) is 3.06. The molecule has 1 amide bonds. The van der Waals surface area contributed by atoms with E-state index in [9.17, 15) is 30.1 Å². The highest BCUT2D eigenvalue weighted by molar-refractivity contribution is 6.07. The van der Waals surface area contributed by atoms with E-state index < -0.39 is 32.8 Å². The summed E-state index contributed by atoms with van der Waals surface area (Å²) in [6.45, 7) is 0. The van der Waals surface area contributed by atoms with Crippen molar-refractivity contribution in [2.45, 2.75) is 0 Å². The number of non-ortho nitro benzene ring substituents is 2. The monoisotopic (exact) mass is 332 g/mol. The number of nitro groups is 2. The number of nitrogens with one attached hydrogen (secondary N) is 1. The molecule has 24 heavy (non-hydrogen) atoms. The van der Waals surface area contributed by atoms with Crippen LogP contribution in [0, 0.1) is 20.2 Å². The number of nitrogens with zero attached hydrogens (tertiary/aromatic N) is 2. The van der Waals surface area contributed by atoms with Crippen LogP contribution in [0.2, 0.25) is 0 Å². The topological polar surface area (TPSA) is 148 Å². The van der Waals surface area contributed by atoms with E-state index in [1.807, 2.05) is 0 Å². The van der Waals surface area contributed by atoms with Crippen molar-refractivity contribution >= 4 is 23.0 Å². The molecule has 0 aromatic heterocycles. The van der Waals surface area contributed by atoms with E-state index in [-0.39, 0.29) is 17.1 Å². The lowest BCUT2D eigenvalue weighted by molar-refractivity contribution is -0.385. The number of methoxy groups -OCH3 is 1. The number of carbonyl (C=O) groups is 1. The fourth-order valence-corrected chi connectivity index (χ4v) is 1.90. The van der Waals surface area contributed by atoms with E-state index >= 15 is 0 Å². The number of ether oxygens (including phenoxy) is 1. The SMILES string of the molecule is COc1cc([N+](=O)[O-])ccc1NC(=O)c1cc([N+](=O)[O-])ccc1[O-]. The van der Waals surface area contributed by atoms with Crippen LogP contribution in [0.25, 0.3) is 0 Å². The molecule has 0 radical (unpaired) electrons. The van der Waals surface area contributed by atoms with Crippen molar-refractivity contribution in [1.82, 2.24) is 0 Å². The Labute approximate surface area is 134 Å². The minimum Gasteiger partial charge on any atom is -0.872 e. The molecule has 10 nitrogen and oxygen atoms in total. The maximum Gasteiger partial charge on any atom is 0.273 e. The fraction of sp³-hybridized carbons (Fsp3) is 0.0714. The summed E-state index contributed by atoms with van der Waals surface area (Å²) in [5.41, 5.74) is -0.997. The predicted octanol–water partition coefficient (Wildman–Crippen LogP) is 1.84. The number of hydrogen-bond donors (Lipinski definition) is 1. The summed E-state index contributed by atoms with van der Waals surface area (Å²) in [6, 6.07) is 6.24. The molecule has 0 atom stereocenters. The third-order valence-electron chi connectivity index (χ3n) is 3.06. The molecule has 0 fully saturated rings. The Kier molecular flexibility index (Phi) is 4.59. The zero-order valence-corrected chi connectivity index (χ0v) is 12.2. The van der Waals surface area contributed by atoms with E-state index in [1.54, 1.807) is 0 Å². The standard InChI is InChI=1S/C14H11N3O7/c1-24-13-7-9(17(22)23)2-4-11(13)15-14(19)10-6-8(16(20)21)3-5-12(10)18/h2-7,18H,1H3,(H,15,19)/p-1. The predicted molar refractivity (Wildman–Crippen MR) is 80.1 cm³/mol. The van der Waals surface area contributed by atoms with E-state index in [1.165, 1.54) is 13.2 Å². The van der Waals surface area contributed by atoms with Crippen LogP contribution in [0.15, 0.2) is 36.4 Å². The first kappa shape index (κ1) is 16.7. The lowest BCUT2D eigenvalue weighted by Crippen LogP contribution is -2.15. The van der Waals surface area contributed by atoms with Crippen molar-refractivity contribution in [3.63, 3.8) is 0 Å².